The molecule has 0 amide bonds. The van der Waals surface area contributed by atoms with E-state index in [9.17, 15) is 9.59 Å². The van der Waals surface area contributed by atoms with Crippen molar-refractivity contribution in [2.75, 3.05) is 7.11 Å². The number of carbonyl (C=O) groups is 2. The van der Waals surface area contributed by atoms with Crippen molar-refractivity contribution in [2.45, 2.75) is 18.3 Å². The Morgan fingerprint density at radius 1 is 1.35 bits per heavy atom. The Hall–Kier alpha value is -3.29. The molecule has 2 heterocycles. The molecular formula is C18H17N5O3. The van der Waals surface area contributed by atoms with Crippen LogP contribution in [0.5, 0.6) is 0 Å². The Morgan fingerprint density at radius 2 is 2.19 bits per heavy atom. The number of nitrogens with zero attached hydrogens (tertiary/aromatic N) is 5. The van der Waals surface area contributed by atoms with Gasteiger partial charge in [-0.3, -0.25) is 9.48 Å². The number of ether oxygens (including phenoxy) is 1. The highest BCUT2D eigenvalue weighted by Crippen LogP contribution is 2.55. The summed E-state index contributed by atoms with van der Waals surface area (Å²) in [5.74, 6) is -0.164. The van der Waals surface area contributed by atoms with Crippen molar-refractivity contribution in [3.63, 3.8) is 0 Å². The molecule has 132 valence electrons. The smallest absolute Gasteiger partial charge is 0.341 e. The summed E-state index contributed by atoms with van der Waals surface area (Å²) in [7, 11) is 3.17. The van der Waals surface area contributed by atoms with Crippen LogP contribution in [0, 0.1) is 0 Å². The Labute approximate surface area is 149 Å². The zero-order chi connectivity index (χ0) is 18.3. The highest BCUT2D eigenvalue weighted by molar-refractivity contribution is 5.91. The first-order valence-electron chi connectivity index (χ1n) is 8.20. The lowest BCUT2D eigenvalue weighted by molar-refractivity contribution is 0.0599. The monoisotopic (exact) mass is 351 g/mol. The van der Waals surface area contributed by atoms with Crippen LogP contribution in [0.1, 0.15) is 50.4 Å². The third-order valence-corrected chi connectivity index (χ3v) is 4.60. The van der Waals surface area contributed by atoms with E-state index in [1.54, 1.807) is 27.6 Å². The van der Waals surface area contributed by atoms with E-state index in [1.807, 2.05) is 19.3 Å². The molecule has 2 atom stereocenters. The molecule has 0 spiro atoms. The van der Waals surface area contributed by atoms with Crippen LogP contribution >= 0.6 is 0 Å². The lowest BCUT2D eigenvalue weighted by Gasteiger charge is -2.09. The topological polar surface area (TPSA) is 91.9 Å². The van der Waals surface area contributed by atoms with Gasteiger partial charge < -0.3 is 4.74 Å². The van der Waals surface area contributed by atoms with E-state index in [0.29, 0.717) is 11.1 Å². The summed E-state index contributed by atoms with van der Waals surface area (Å²) in [5.41, 5.74) is 3.37. The first-order valence-corrected chi connectivity index (χ1v) is 8.20. The predicted molar refractivity (Wildman–Crippen MR) is 91.4 cm³/mol. The van der Waals surface area contributed by atoms with Gasteiger partial charge in [-0.05, 0) is 18.6 Å². The molecule has 26 heavy (non-hydrogen) atoms. The molecule has 1 aliphatic rings. The number of esters is 1. The van der Waals surface area contributed by atoms with E-state index in [0.717, 1.165) is 29.8 Å². The fraction of sp³-hybridized carbons (Fsp3) is 0.278. The van der Waals surface area contributed by atoms with Crippen molar-refractivity contribution >= 4 is 12.3 Å². The Morgan fingerprint density at radius 3 is 2.88 bits per heavy atom. The van der Waals surface area contributed by atoms with Crippen LogP contribution in [0.2, 0.25) is 0 Å². The van der Waals surface area contributed by atoms with Crippen molar-refractivity contribution in [2.24, 2.45) is 7.05 Å². The SMILES string of the molecule is COC(=O)c1cnn(-c2cccc(C=O)c2)c1C1CC1c1cn(C)nn1. The minimum Gasteiger partial charge on any atom is -0.465 e. The molecule has 1 saturated carbocycles. The minimum absolute atomic E-state index is 0.0863. The second kappa shape index (κ2) is 6.21. The number of rotatable bonds is 5. The van der Waals surface area contributed by atoms with Gasteiger partial charge in [0, 0.05) is 30.6 Å². The van der Waals surface area contributed by atoms with E-state index in [-0.39, 0.29) is 11.8 Å². The van der Waals surface area contributed by atoms with E-state index in [2.05, 4.69) is 15.4 Å². The lowest BCUT2D eigenvalue weighted by Crippen LogP contribution is -2.08. The van der Waals surface area contributed by atoms with Crippen LogP contribution in [0.25, 0.3) is 5.69 Å². The second-order valence-corrected chi connectivity index (χ2v) is 6.33. The summed E-state index contributed by atoms with van der Waals surface area (Å²) in [6.07, 6.45) is 5.03. The van der Waals surface area contributed by atoms with Gasteiger partial charge in [0.1, 0.15) is 11.8 Å². The third-order valence-electron chi connectivity index (χ3n) is 4.60. The van der Waals surface area contributed by atoms with Gasteiger partial charge in [0.15, 0.2) is 0 Å². The number of carbonyl (C=O) groups excluding carboxylic acids is 2. The fourth-order valence-corrected chi connectivity index (χ4v) is 3.28. The summed E-state index contributed by atoms with van der Waals surface area (Å²) < 4.78 is 8.29. The average molecular weight is 351 g/mol. The maximum Gasteiger partial charge on any atom is 0.341 e. The molecule has 2 aromatic heterocycles. The molecule has 0 bridgehead atoms. The first kappa shape index (κ1) is 16.2. The largest absolute Gasteiger partial charge is 0.465 e. The van der Waals surface area contributed by atoms with Crippen LogP contribution < -0.4 is 0 Å². The van der Waals surface area contributed by atoms with Crippen LogP contribution in [-0.2, 0) is 11.8 Å². The van der Waals surface area contributed by atoms with Crippen LogP contribution in [0.4, 0.5) is 0 Å². The number of methoxy groups -OCH3 is 1. The molecule has 1 aromatic carbocycles. The van der Waals surface area contributed by atoms with Gasteiger partial charge in [-0.25, -0.2) is 9.48 Å². The number of aromatic nitrogens is 5. The lowest BCUT2D eigenvalue weighted by atomic mass is 10.1. The molecule has 3 aromatic rings. The van der Waals surface area contributed by atoms with E-state index in [1.165, 1.54) is 13.3 Å². The van der Waals surface area contributed by atoms with Crippen LogP contribution in [0.3, 0.4) is 0 Å². The molecule has 2 unspecified atom stereocenters. The van der Waals surface area contributed by atoms with Crippen LogP contribution in [0.15, 0.2) is 36.7 Å². The number of hydrogen-bond donors (Lipinski definition) is 0. The molecule has 4 rings (SSSR count). The van der Waals surface area contributed by atoms with Gasteiger partial charge in [-0.1, -0.05) is 17.3 Å². The van der Waals surface area contributed by atoms with E-state index >= 15 is 0 Å². The Kier molecular flexibility index (Phi) is 3.87. The summed E-state index contributed by atoms with van der Waals surface area (Å²) in [6.45, 7) is 0. The quantitative estimate of drug-likeness (QED) is 0.515. The highest BCUT2D eigenvalue weighted by atomic mass is 16.5. The molecular weight excluding hydrogens is 334 g/mol. The average Bonchev–Trinajstić information content (AvgIpc) is 3.12. The molecule has 8 nitrogen and oxygen atoms in total. The molecule has 0 radical (unpaired) electrons. The summed E-state index contributed by atoms with van der Waals surface area (Å²) in [4.78, 5) is 23.3. The number of hydrogen-bond acceptors (Lipinski definition) is 6. The molecule has 1 aliphatic carbocycles. The summed E-state index contributed by atoms with van der Waals surface area (Å²) in [6, 6.07) is 7.10. The fourth-order valence-electron chi connectivity index (χ4n) is 3.28. The number of aldehydes is 1. The van der Waals surface area contributed by atoms with Gasteiger partial charge >= 0.3 is 5.97 Å². The normalized spacial score (nSPS) is 18.5. The van der Waals surface area contributed by atoms with Gasteiger partial charge in [0.25, 0.3) is 0 Å². The predicted octanol–water partition coefficient (Wildman–Crippen LogP) is 1.87. The number of aryl methyl sites for hydroxylation is 1. The molecule has 0 N–H and O–H groups in total. The zero-order valence-electron chi connectivity index (χ0n) is 14.4. The van der Waals surface area contributed by atoms with E-state index < -0.39 is 5.97 Å². The summed E-state index contributed by atoms with van der Waals surface area (Å²) in [5, 5.41) is 12.6. The minimum atomic E-state index is -0.428. The maximum atomic E-state index is 12.2. The van der Waals surface area contributed by atoms with Crippen molar-refractivity contribution < 1.29 is 14.3 Å². The highest BCUT2D eigenvalue weighted by Gasteiger charge is 2.46. The maximum absolute atomic E-state index is 12.2. The Balaban J connectivity index is 1.77. The molecule has 0 aliphatic heterocycles. The second-order valence-electron chi connectivity index (χ2n) is 6.33. The number of benzene rings is 1. The molecule has 8 heteroatoms. The molecule has 0 saturated heterocycles. The van der Waals surface area contributed by atoms with Crippen LogP contribution in [-0.4, -0.2) is 44.1 Å². The van der Waals surface area contributed by atoms with E-state index in [4.69, 9.17) is 4.74 Å². The van der Waals surface area contributed by atoms with Crippen molar-refractivity contribution in [3.8, 4) is 5.69 Å². The summed E-state index contributed by atoms with van der Waals surface area (Å²) >= 11 is 0. The standard InChI is InChI=1S/C18H17N5O3/c1-22-9-16(20-21-22)13-7-14(13)17-15(18(25)26-2)8-19-23(17)12-5-3-4-11(6-12)10-24/h3-6,8-10,13-14H,7H2,1-2H3. The Bertz CT molecular complexity index is 990. The van der Waals surface area contributed by atoms with Crippen molar-refractivity contribution in [1.82, 2.24) is 24.8 Å². The van der Waals surface area contributed by atoms with Gasteiger partial charge in [0.05, 0.1) is 30.4 Å². The zero-order valence-corrected chi connectivity index (χ0v) is 14.4. The first-order chi connectivity index (χ1) is 12.6. The molecule has 1 fully saturated rings. The van der Waals surface area contributed by atoms with Gasteiger partial charge in [-0.15, -0.1) is 5.10 Å². The van der Waals surface area contributed by atoms with Crippen molar-refractivity contribution in [3.05, 3.63) is 59.2 Å². The van der Waals surface area contributed by atoms with Gasteiger partial charge in [0.2, 0.25) is 0 Å². The van der Waals surface area contributed by atoms with Gasteiger partial charge in [-0.2, -0.15) is 5.10 Å². The third kappa shape index (κ3) is 2.69. The van der Waals surface area contributed by atoms with Crippen molar-refractivity contribution in [1.29, 1.82) is 0 Å².